The molecule has 0 bridgehead atoms. The molecule has 0 aliphatic carbocycles. The average Bonchev–Trinajstić information content (AvgIpc) is 3.16. The molecule has 0 fully saturated rings. The Morgan fingerprint density at radius 1 is 1.20 bits per heavy atom. The van der Waals surface area contributed by atoms with Crippen molar-refractivity contribution < 1.29 is 0 Å². The first-order valence-corrected chi connectivity index (χ1v) is 9.88. The van der Waals surface area contributed by atoms with Gasteiger partial charge in [0.1, 0.15) is 5.82 Å². The SMILES string of the molecule is Cc1nc(CSc2nc3ccccc3s2)nn1-c1ncc(Cl)cc1Cl. The second kappa shape index (κ2) is 6.92. The summed E-state index contributed by atoms with van der Waals surface area (Å²) in [5.74, 6) is 2.57. The van der Waals surface area contributed by atoms with E-state index in [0.29, 0.717) is 27.4 Å². The predicted molar refractivity (Wildman–Crippen MR) is 103 cm³/mol. The fourth-order valence-electron chi connectivity index (χ4n) is 2.31. The van der Waals surface area contributed by atoms with Gasteiger partial charge in [0, 0.05) is 6.20 Å². The van der Waals surface area contributed by atoms with Crippen LogP contribution in [-0.2, 0) is 5.75 Å². The van der Waals surface area contributed by atoms with Gasteiger partial charge < -0.3 is 0 Å². The van der Waals surface area contributed by atoms with Crippen LogP contribution in [0.2, 0.25) is 10.0 Å². The summed E-state index contributed by atoms with van der Waals surface area (Å²) in [6, 6.07) is 9.74. The maximum atomic E-state index is 6.21. The normalized spacial score (nSPS) is 11.3. The molecule has 3 aromatic heterocycles. The highest BCUT2D eigenvalue weighted by Gasteiger charge is 2.14. The molecule has 3 heterocycles. The third kappa shape index (κ3) is 3.50. The van der Waals surface area contributed by atoms with Crippen LogP contribution in [0.4, 0.5) is 0 Å². The Hall–Kier alpha value is -1.67. The number of hydrogen-bond donors (Lipinski definition) is 0. The van der Waals surface area contributed by atoms with Crippen molar-refractivity contribution in [2.75, 3.05) is 0 Å². The Labute approximate surface area is 162 Å². The first-order chi connectivity index (χ1) is 12.1. The lowest BCUT2D eigenvalue weighted by molar-refractivity contribution is 0.802. The predicted octanol–water partition coefficient (Wildman–Crippen LogP) is 5.18. The third-order valence-corrected chi connectivity index (χ3v) is 6.06. The van der Waals surface area contributed by atoms with Crippen LogP contribution >= 0.6 is 46.3 Å². The van der Waals surface area contributed by atoms with Crippen LogP contribution in [0.25, 0.3) is 16.0 Å². The summed E-state index contributed by atoms with van der Waals surface area (Å²) in [4.78, 5) is 13.4. The number of nitrogens with zero attached hydrogens (tertiary/aromatic N) is 5. The second-order valence-corrected chi connectivity index (χ2v) is 8.28. The lowest BCUT2D eigenvalue weighted by Crippen LogP contribution is -2.03. The minimum Gasteiger partial charge on any atom is -0.234 e. The monoisotopic (exact) mass is 407 g/mol. The van der Waals surface area contributed by atoms with E-state index < -0.39 is 0 Å². The van der Waals surface area contributed by atoms with Crippen molar-refractivity contribution in [1.29, 1.82) is 0 Å². The molecule has 0 aliphatic heterocycles. The number of pyridine rings is 1. The van der Waals surface area contributed by atoms with E-state index in [0.717, 1.165) is 15.7 Å². The van der Waals surface area contributed by atoms with Gasteiger partial charge >= 0.3 is 0 Å². The number of hydrogen-bond acceptors (Lipinski definition) is 6. The zero-order valence-electron chi connectivity index (χ0n) is 13.0. The van der Waals surface area contributed by atoms with Gasteiger partial charge in [0.25, 0.3) is 0 Å². The van der Waals surface area contributed by atoms with E-state index >= 15 is 0 Å². The van der Waals surface area contributed by atoms with Gasteiger partial charge in [0.15, 0.2) is 16.0 Å². The van der Waals surface area contributed by atoms with E-state index in [-0.39, 0.29) is 0 Å². The molecule has 0 radical (unpaired) electrons. The van der Waals surface area contributed by atoms with Gasteiger partial charge in [-0.15, -0.1) is 16.4 Å². The maximum Gasteiger partial charge on any atom is 0.174 e. The third-order valence-electron chi connectivity index (χ3n) is 3.40. The first-order valence-electron chi connectivity index (χ1n) is 7.32. The largest absolute Gasteiger partial charge is 0.234 e. The molecule has 0 amide bonds. The van der Waals surface area contributed by atoms with Gasteiger partial charge in [-0.1, -0.05) is 47.1 Å². The Balaban J connectivity index is 1.55. The molecule has 0 saturated heterocycles. The van der Waals surface area contributed by atoms with Gasteiger partial charge in [0.05, 0.1) is 26.0 Å². The molecule has 0 saturated carbocycles. The van der Waals surface area contributed by atoms with Crippen molar-refractivity contribution in [2.24, 2.45) is 0 Å². The summed E-state index contributed by atoms with van der Waals surface area (Å²) < 4.78 is 3.81. The highest BCUT2D eigenvalue weighted by atomic mass is 35.5. The lowest BCUT2D eigenvalue weighted by atomic mass is 10.3. The average molecular weight is 408 g/mol. The van der Waals surface area contributed by atoms with Crippen LogP contribution in [0.5, 0.6) is 0 Å². The van der Waals surface area contributed by atoms with Crippen LogP contribution in [-0.4, -0.2) is 24.7 Å². The zero-order chi connectivity index (χ0) is 17.4. The van der Waals surface area contributed by atoms with Crippen molar-refractivity contribution in [3.63, 3.8) is 0 Å². The summed E-state index contributed by atoms with van der Waals surface area (Å²) >= 11 is 15.4. The molecule has 1 aromatic carbocycles. The van der Waals surface area contributed by atoms with Crippen LogP contribution in [0.1, 0.15) is 11.6 Å². The molecule has 0 atom stereocenters. The molecule has 0 unspecified atom stereocenters. The van der Waals surface area contributed by atoms with Gasteiger partial charge in [-0.05, 0) is 25.1 Å². The van der Waals surface area contributed by atoms with Crippen molar-refractivity contribution in [3.8, 4) is 5.82 Å². The van der Waals surface area contributed by atoms with E-state index in [9.17, 15) is 0 Å². The van der Waals surface area contributed by atoms with Gasteiger partial charge in [-0.2, -0.15) is 4.68 Å². The molecule has 25 heavy (non-hydrogen) atoms. The zero-order valence-corrected chi connectivity index (χ0v) is 16.1. The summed E-state index contributed by atoms with van der Waals surface area (Å²) in [5, 5.41) is 5.43. The number of para-hydroxylation sites is 1. The highest BCUT2D eigenvalue weighted by molar-refractivity contribution is 8.00. The van der Waals surface area contributed by atoms with Crippen molar-refractivity contribution >= 4 is 56.5 Å². The van der Waals surface area contributed by atoms with Gasteiger partial charge in [0.2, 0.25) is 0 Å². The molecule has 0 aliphatic rings. The summed E-state index contributed by atoms with van der Waals surface area (Å²) in [7, 11) is 0. The maximum absolute atomic E-state index is 6.21. The molecule has 0 N–H and O–H groups in total. The smallest absolute Gasteiger partial charge is 0.174 e. The topological polar surface area (TPSA) is 56.5 Å². The Bertz CT molecular complexity index is 1030. The molecule has 5 nitrogen and oxygen atoms in total. The fourth-order valence-corrected chi connectivity index (χ4v) is 4.69. The van der Waals surface area contributed by atoms with Crippen molar-refractivity contribution in [2.45, 2.75) is 17.0 Å². The minimum atomic E-state index is 0.436. The highest BCUT2D eigenvalue weighted by Crippen LogP contribution is 2.31. The van der Waals surface area contributed by atoms with E-state index in [1.165, 1.54) is 4.70 Å². The van der Waals surface area contributed by atoms with Crippen LogP contribution in [0.3, 0.4) is 0 Å². The molecule has 9 heteroatoms. The second-order valence-electron chi connectivity index (χ2n) is 5.18. The molecular formula is C16H11Cl2N5S2. The molecular weight excluding hydrogens is 397 g/mol. The van der Waals surface area contributed by atoms with Crippen LogP contribution < -0.4 is 0 Å². The van der Waals surface area contributed by atoms with Crippen LogP contribution in [0.15, 0.2) is 40.9 Å². The van der Waals surface area contributed by atoms with E-state index in [2.05, 4.69) is 26.1 Å². The first kappa shape index (κ1) is 16.8. The number of halogens is 2. The number of aryl methyl sites for hydroxylation is 1. The van der Waals surface area contributed by atoms with E-state index in [1.54, 1.807) is 40.0 Å². The number of rotatable bonds is 4. The fraction of sp³-hybridized carbons (Fsp3) is 0.125. The van der Waals surface area contributed by atoms with Gasteiger partial charge in [-0.3, -0.25) is 0 Å². The Kier molecular flexibility index (Phi) is 4.64. The number of thioether (sulfide) groups is 1. The van der Waals surface area contributed by atoms with E-state index in [1.807, 2.05) is 25.1 Å². The lowest BCUT2D eigenvalue weighted by Gasteiger charge is -2.04. The molecule has 126 valence electrons. The van der Waals surface area contributed by atoms with Crippen molar-refractivity contribution in [1.82, 2.24) is 24.7 Å². The summed E-state index contributed by atoms with van der Waals surface area (Å²) in [5.41, 5.74) is 1.02. The summed E-state index contributed by atoms with van der Waals surface area (Å²) in [6.45, 7) is 1.87. The number of aromatic nitrogens is 5. The number of benzene rings is 1. The van der Waals surface area contributed by atoms with Crippen LogP contribution in [0, 0.1) is 6.92 Å². The van der Waals surface area contributed by atoms with Crippen molar-refractivity contribution in [3.05, 3.63) is 58.2 Å². The molecule has 4 rings (SSSR count). The van der Waals surface area contributed by atoms with Gasteiger partial charge in [-0.25, -0.2) is 15.0 Å². The standard InChI is InChI=1S/C16H11Cl2N5S2/c1-9-20-14(22-23(9)15-11(18)6-10(17)7-19-15)8-24-16-21-12-4-2-3-5-13(12)25-16/h2-7H,8H2,1H3. The Morgan fingerprint density at radius 2 is 2.04 bits per heavy atom. The molecule has 4 aromatic rings. The molecule has 0 spiro atoms. The number of fused-ring (bicyclic) bond motifs is 1. The van der Waals surface area contributed by atoms with E-state index in [4.69, 9.17) is 23.2 Å². The summed E-state index contributed by atoms with van der Waals surface area (Å²) in [6.07, 6.45) is 1.54. The Morgan fingerprint density at radius 3 is 2.84 bits per heavy atom. The number of thiazole rings is 1. The quantitative estimate of drug-likeness (QED) is 0.436. The minimum absolute atomic E-state index is 0.436.